The van der Waals surface area contributed by atoms with E-state index in [4.69, 9.17) is 18.9 Å². The number of allylic oxidation sites excluding steroid dienone is 3. The lowest BCUT2D eigenvalue weighted by Crippen LogP contribution is -2.65. The number of carbonyl (C=O) groups excluding carboxylic acids is 1. The zero-order chi connectivity index (χ0) is 41.8. The van der Waals surface area contributed by atoms with Crippen LogP contribution < -0.4 is 5.32 Å². The summed E-state index contributed by atoms with van der Waals surface area (Å²) in [4.78, 5) is 13.0. The molecule has 0 aromatic rings. The molecule has 2 saturated heterocycles. The van der Waals surface area contributed by atoms with Gasteiger partial charge in [-0.1, -0.05) is 141 Å². The van der Waals surface area contributed by atoms with E-state index in [1.807, 2.05) is 6.08 Å². The summed E-state index contributed by atoms with van der Waals surface area (Å²) in [5.74, 6) is -0.254. The molecule has 2 heterocycles. The molecule has 2 aliphatic heterocycles. The van der Waals surface area contributed by atoms with Crippen LogP contribution in [0.3, 0.4) is 0 Å². The van der Waals surface area contributed by atoms with Crippen LogP contribution in [0, 0.1) is 0 Å². The highest BCUT2D eigenvalue weighted by Crippen LogP contribution is 2.30. The number of rotatable bonds is 32. The van der Waals surface area contributed by atoms with E-state index in [0.717, 1.165) is 38.5 Å². The van der Waals surface area contributed by atoms with E-state index >= 15 is 0 Å². The normalized spacial score (nSPS) is 29.3. The molecule has 0 aromatic heterocycles. The Bertz CT molecular complexity index is 1060. The number of ether oxygens (including phenoxy) is 4. The molecule has 0 radical (unpaired) electrons. The Labute approximate surface area is 341 Å². The van der Waals surface area contributed by atoms with Crippen LogP contribution in [0.2, 0.25) is 0 Å². The third kappa shape index (κ3) is 20.1. The minimum absolute atomic E-state index is 0.254. The Balaban J connectivity index is 1.85. The van der Waals surface area contributed by atoms with Crippen LogP contribution in [0.25, 0.3) is 0 Å². The van der Waals surface area contributed by atoms with E-state index in [9.17, 15) is 45.6 Å². The first-order valence-corrected chi connectivity index (χ1v) is 22.1. The topological polar surface area (TPSA) is 228 Å². The first kappa shape index (κ1) is 51.6. The third-order valence-corrected chi connectivity index (χ3v) is 10.9. The molecule has 334 valence electrons. The van der Waals surface area contributed by atoms with Crippen molar-refractivity contribution in [2.45, 2.75) is 222 Å². The van der Waals surface area contributed by atoms with Crippen LogP contribution in [0.15, 0.2) is 24.3 Å². The van der Waals surface area contributed by atoms with E-state index in [1.54, 1.807) is 6.08 Å². The molecule has 2 rings (SSSR count). The summed E-state index contributed by atoms with van der Waals surface area (Å²) in [5, 5.41) is 86.1. The molecule has 1 amide bonds. The molecule has 2 fully saturated rings. The molecule has 0 bridgehead atoms. The number of aliphatic hydroxyl groups excluding tert-OH is 8. The van der Waals surface area contributed by atoms with E-state index < -0.39 is 86.8 Å². The van der Waals surface area contributed by atoms with Crippen LogP contribution in [0.5, 0.6) is 0 Å². The second kappa shape index (κ2) is 31.4. The summed E-state index contributed by atoms with van der Waals surface area (Å²) in [6.45, 7) is 2.63. The van der Waals surface area contributed by atoms with Crippen molar-refractivity contribution in [3.05, 3.63) is 24.3 Å². The second-order valence-corrected chi connectivity index (χ2v) is 15.8. The Morgan fingerprint density at radius 3 is 1.68 bits per heavy atom. The van der Waals surface area contributed by atoms with Crippen LogP contribution >= 0.6 is 0 Å². The summed E-state index contributed by atoms with van der Waals surface area (Å²) < 4.78 is 22.5. The van der Waals surface area contributed by atoms with Gasteiger partial charge in [-0.3, -0.25) is 4.79 Å². The van der Waals surface area contributed by atoms with Gasteiger partial charge in [-0.05, 0) is 25.7 Å². The lowest BCUT2D eigenvalue weighted by Gasteiger charge is -2.46. The Morgan fingerprint density at radius 2 is 1.12 bits per heavy atom. The largest absolute Gasteiger partial charge is 0.394 e. The average Bonchev–Trinajstić information content (AvgIpc) is 3.21. The molecular weight excluding hydrogens is 738 g/mol. The predicted molar refractivity (Wildman–Crippen MR) is 217 cm³/mol. The highest BCUT2D eigenvalue weighted by atomic mass is 16.7. The lowest BCUT2D eigenvalue weighted by atomic mass is 9.97. The van der Waals surface area contributed by atoms with Gasteiger partial charge in [-0.25, -0.2) is 0 Å². The average molecular weight is 818 g/mol. The molecule has 0 aromatic carbocycles. The van der Waals surface area contributed by atoms with Gasteiger partial charge in [0, 0.05) is 6.42 Å². The number of hydrogen-bond acceptors (Lipinski definition) is 13. The van der Waals surface area contributed by atoms with Crippen molar-refractivity contribution >= 4 is 5.91 Å². The molecule has 0 spiro atoms. The molecule has 12 atom stereocenters. The maximum Gasteiger partial charge on any atom is 0.220 e. The molecule has 14 nitrogen and oxygen atoms in total. The SMILES string of the molecule is CCC/C=C/CC/C=C/C(O)C(COC1OC(CO)C(OC2OC(CO)C(O)C(O)C2O)C(O)C1O)NC(=O)CCCCCCCCCCCCCCCCCC. The van der Waals surface area contributed by atoms with Gasteiger partial charge in [0.25, 0.3) is 0 Å². The van der Waals surface area contributed by atoms with Crippen molar-refractivity contribution in [1.82, 2.24) is 5.32 Å². The van der Waals surface area contributed by atoms with Crippen molar-refractivity contribution in [3.63, 3.8) is 0 Å². The maximum atomic E-state index is 13.0. The van der Waals surface area contributed by atoms with Crippen LogP contribution in [-0.2, 0) is 23.7 Å². The Kier molecular flexibility index (Phi) is 28.4. The van der Waals surface area contributed by atoms with Crippen LogP contribution in [-0.4, -0.2) is 140 Å². The van der Waals surface area contributed by atoms with Crippen molar-refractivity contribution in [2.24, 2.45) is 0 Å². The predicted octanol–water partition coefficient (Wildman–Crippen LogP) is 3.82. The van der Waals surface area contributed by atoms with Crippen molar-refractivity contribution in [1.29, 1.82) is 0 Å². The van der Waals surface area contributed by atoms with Gasteiger partial charge in [0.05, 0.1) is 32.0 Å². The van der Waals surface area contributed by atoms with Gasteiger partial charge < -0.3 is 65.1 Å². The quantitative estimate of drug-likeness (QED) is 0.0348. The number of nitrogens with one attached hydrogen (secondary N) is 1. The fraction of sp³-hybridized carbons (Fsp3) is 0.884. The molecule has 14 heteroatoms. The van der Waals surface area contributed by atoms with E-state index in [0.29, 0.717) is 12.8 Å². The summed E-state index contributed by atoms with van der Waals surface area (Å²) in [6, 6.07) is -0.922. The number of unbranched alkanes of at least 4 members (excludes halogenated alkanes) is 17. The van der Waals surface area contributed by atoms with Crippen LogP contribution in [0.1, 0.15) is 149 Å². The minimum atomic E-state index is -1.79. The maximum absolute atomic E-state index is 13.0. The Morgan fingerprint density at radius 1 is 0.614 bits per heavy atom. The van der Waals surface area contributed by atoms with Crippen LogP contribution in [0.4, 0.5) is 0 Å². The van der Waals surface area contributed by atoms with Gasteiger partial charge in [0.2, 0.25) is 5.91 Å². The van der Waals surface area contributed by atoms with Crippen molar-refractivity contribution < 1.29 is 64.6 Å². The summed E-state index contributed by atoms with van der Waals surface area (Å²) in [7, 11) is 0. The summed E-state index contributed by atoms with van der Waals surface area (Å²) >= 11 is 0. The van der Waals surface area contributed by atoms with Gasteiger partial charge >= 0.3 is 0 Å². The van der Waals surface area contributed by atoms with Gasteiger partial charge in [0.15, 0.2) is 12.6 Å². The Hall–Kier alpha value is -1.53. The summed E-state index contributed by atoms with van der Waals surface area (Å²) in [5.41, 5.74) is 0. The first-order chi connectivity index (χ1) is 27.6. The van der Waals surface area contributed by atoms with Gasteiger partial charge in [-0.2, -0.15) is 0 Å². The molecule has 12 unspecified atom stereocenters. The molecule has 0 saturated carbocycles. The smallest absolute Gasteiger partial charge is 0.220 e. The fourth-order valence-electron chi connectivity index (χ4n) is 7.19. The van der Waals surface area contributed by atoms with Crippen molar-refractivity contribution in [3.8, 4) is 0 Å². The highest BCUT2D eigenvalue weighted by molar-refractivity contribution is 5.76. The van der Waals surface area contributed by atoms with Crippen molar-refractivity contribution in [2.75, 3.05) is 19.8 Å². The van der Waals surface area contributed by atoms with Gasteiger partial charge in [0.1, 0.15) is 48.8 Å². The summed E-state index contributed by atoms with van der Waals surface area (Å²) in [6.07, 6.45) is 14.1. The van der Waals surface area contributed by atoms with E-state index in [1.165, 1.54) is 77.0 Å². The van der Waals surface area contributed by atoms with E-state index in [2.05, 4.69) is 31.3 Å². The number of carbonyl (C=O) groups is 1. The lowest BCUT2D eigenvalue weighted by molar-refractivity contribution is -0.359. The highest BCUT2D eigenvalue weighted by Gasteiger charge is 2.50. The molecule has 9 N–H and O–H groups in total. The van der Waals surface area contributed by atoms with Gasteiger partial charge in [-0.15, -0.1) is 0 Å². The zero-order valence-electron chi connectivity index (χ0n) is 34.8. The monoisotopic (exact) mass is 818 g/mol. The third-order valence-electron chi connectivity index (χ3n) is 10.9. The fourth-order valence-corrected chi connectivity index (χ4v) is 7.19. The molecular formula is C43H79NO13. The molecule has 2 aliphatic rings. The standard InChI is InChI=1S/C43H79NO13/c1-3-5-7-9-11-12-13-14-15-16-17-18-19-21-23-25-27-35(48)44-31(32(47)26-24-22-20-10-8-6-4-2)30-54-42-40(53)38(51)41(34(29-46)56-42)57-43-39(52)37(50)36(49)33(28-45)55-43/h8,10,24,26,31-34,36-43,45-47,49-53H,3-7,9,11-23,25,27-30H2,1-2H3,(H,44,48)/b10-8+,26-24+. The molecule has 57 heavy (non-hydrogen) atoms. The zero-order valence-corrected chi connectivity index (χ0v) is 34.8. The first-order valence-electron chi connectivity index (χ1n) is 22.1. The molecule has 0 aliphatic carbocycles. The second-order valence-electron chi connectivity index (χ2n) is 15.8. The minimum Gasteiger partial charge on any atom is -0.394 e. The number of amides is 1. The number of aliphatic hydroxyl groups is 8. The number of hydrogen-bond donors (Lipinski definition) is 9. The van der Waals surface area contributed by atoms with E-state index in [-0.39, 0.29) is 18.9 Å².